The van der Waals surface area contributed by atoms with Crippen molar-refractivity contribution in [2.24, 2.45) is 0 Å². The van der Waals surface area contributed by atoms with Crippen molar-refractivity contribution in [2.45, 2.75) is 38.8 Å². The Morgan fingerprint density at radius 1 is 1.12 bits per heavy atom. The predicted octanol–water partition coefficient (Wildman–Crippen LogP) is 0.193. The van der Waals surface area contributed by atoms with Crippen LogP contribution in [0.2, 0.25) is 0 Å². The molecule has 16 heavy (non-hydrogen) atoms. The topological polar surface area (TPSA) is 60.5 Å². The summed E-state index contributed by atoms with van der Waals surface area (Å²) in [5.41, 5.74) is -2.54. The van der Waals surface area contributed by atoms with Crippen LogP contribution in [-0.4, -0.2) is 39.4 Å². The van der Waals surface area contributed by atoms with Crippen LogP contribution in [0.3, 0.4) is 0 Å². The Morgan fingerprint density at radius 3 is 1.81 bits per heavy atom. The Morgan fingerprint density at radius 2 is 1.50 bits per heavy atom. The van der Waals surface area contributed by atoms with Gasteiger partial charge in [0.1, 0.15) is 11.1 Å². The molecular formula is C11H15N2O3. The van der Waals surface area contributed by atoms with E-state index in [9.17, 15) is 14.8 Å². The molecule has 5 nitrogen and oxygen atoms in total. The Balaban J connectivity index is 3.24. The number of nitrogens with zero attached hydrogens (tertiary/aromatic N) is 2. The van der Waals surface area contributed by atoms with E-state index in [1.54, 1.807) is 0 Å². The number of hydrogen-bond acceptors (Lipinski definition) is 3. The lowest BCUT2D eigenvalue weighted by atomic mass is 9.89. The summed E-state index contributed by atoms with van der Waals surface area (Å²) < 4.78 is 0. The molecule has 0 atom stereocenters. The first-order chi connectivity index (χ1) is 7.17. The molecule has 0 N–H and O–H groups in total. The summed E-state index contributed by atoms with van der Waals surface area (Å²) in [7, 11) is 0. The van der Waals surface area contributed by atoms with Crippen LogP contribution in [0.1, 0.15) is 27.7 Å². The average Bonchev–Trinajstić information content (AvgIpc) is 2.21. The summed E-state index contributed by atoms with van der Waals surface area (Å²) >= 11 is 0. The maximum atomic E-state index is 11.9. The van der Waals surface area contributed by atoms with Gasteiger partial charge in [0.15, 0.2) is 0 Å². The fourth-order valence-electron chi connectivity index (χ4n) is 1.86. The number of piperazine rings is 1. The molecule has 0 saturated carbocycles. The molecule has 0 unspecified atom stereocenters. The highest BCUT2D eigenvalue weighted by Gasteiger charge is 2.56. The van der Waals surface area contributed by atoms with Gasteiger partial charge in [-0.1, -0.05) is 5.92 Å². The molecule has 0 aromatic heterocycles. The smallest absolute Gasteiger partial charge is 0.252 e. The van der Waals surface area contributed by atoms with Crippen molar-refractivity contribution in [3.05, 3.63) is 0 Å². The molecule has 1 aliphatic rings. The normalized spacial score (nSPS) is 24.4. The zero-order chi connectivity index (χ0) is 12.7. The molecular weight excluding hydrogens is 208 g/mol. The van der Waals surface area contributed by atoms with Gasteiger partial charge in [-0.3, -0.25) is 14.5 Å². The van der Waals surface area contributed by atoms with Crippen molar-refractivity contribution in [3.63, 3.8) is 0 Å². The number of hydroxylamine groups is 2. The van der Waals surface area contributed by atoms with Crippen molar-refractivity contribution in [3.8, 4) is 12.3 Å². The molecule has 87 valence electrons. The third-order valence-corrected chi connectivity index (χ3v) is 2.80. The van der Waals surface area contributed by atoms with Crippen molar-refractivity contribution < 1.29 is 14.8 Å². The highest BCUT2D eigenvalue weighted by Crippen LogP contribution is 2.32. The quantitative estimate of drug-likeness (QED) is 0.471. The zero-order valence-corrected chi connectivity index (χ0v) is 9.90. The average molecular weight is 223 g/mol. The first kappa shape index (κ1) is 12.7. The number of amides is 2. The Hall–Kier alpha value is -1.38. The summed E-state index contributed by atoms with van der Waals surface area (Å²) in [6.07, 6.45) is 5.11. The molecule has 0 aromatic rings. The van der Waals surface area contributed by atoms with Gasteiger partial charge in [-0.25, -0.2) is 0 Å². The third-order valence-electron chi connectivity index (χ3n) is 2.80. The minimum absolute atomic E-state index is 0.0988. The van der Waals surface area contributed by atoms with Gasteiger partial charge in [-0.2, -0.15) is 0 Å². The summed E-state index contributed by atoms with van der Waals surface area (Å²) in [4.78, 5) is 24.8. The fraction of sp³-hybridized carbons (Fsp3) is 0.636. The number of terminal acetylenes is 1. The second kappa shape index (κ2) is 3.58. The number of carbonyl (C=O) groups is 2. The highest BCUT2D eigenvalue weighted by atomic mass is 16.5. The number of carbonyl (C=O) groups excluding carboxylic acids is 2. The highest BCUT2D eigenvalue weighted by molar-refractivity contribution is 6.06. The maximum absolute atomic E-state index is 11.9. The van der Waals surface area contributed by atoms with Crippen molar-refractivity contribution in [1.82, 2.24) is 9.96 Å². The van der Waals surface area contributed by atoms with Crippen LogP contribution in [0.25, 0.3) is 0 Å². The summed E-state index contributed by atoms with van der Waals surface area (Å²) in [5.74, 6) is 1.15. The minimum Gasteiger partial charge on any atom is -0.272 e. The SMILES string of the molecule is C#CCN1C(=O)C(C)(C)N([O])C(C)(C)C1=O. The van der Waals surface area contributed by atoms with Gasteiger partial charge in [0.2, 0.25) is 0 Å². The largest absolute Gasteiger partial charge is 0.272 e. The van der Waals surface area contributed by atoms with Gasteiger partial charge in [-0.15, -0.1) is 16.7 Å². The molecule has 1 aliphatic heterocycles. The molecule has 0 aromatic carbocycles. The fourth-order valence-corrected chi connectivity index (χ4v) is 1.86. The second-order valence-electron chi connectivity index (χ2n) is 4.81. The lowest BCUT2D eigenvalue weighted by molar-refractivity contribution is -0.275. The Bertz CT molecular complexity index is 351. The summed E-state index contributed by atoms with van der Waals surface area (Å²) in [6.45, 7) is 5.85. The van der Waals surface area contributed by atoms with Crippen molar-refractivity contribution >= 4 is 11.8 Å². The zero-order valence-electron chi connectivity index (χ0n) is 9.90. The van der Waals surface area contributed by atoms with E-state index < -0.39 is 22.9 Å². The third kappa shape index (κ3) is 1.51. The molecule has 1 heterocycles. The van der Waals surface area contributed by atoms with Crippen LogP contribution in [0.15, 0.2) is 0 Å². The molecule has 2 amide bonds. The first-order valence-electron chi connectivity index (χ1n) is 4.94. The van der Waals surface area contributed by atoms with E-state index in [-0.39, 0.29) is 6.54 Å². The Labute approximate surface area is 95.0 Å². The maximum Gasteiger partial charge on any atom is 0.252 e. The second-order valence-corrected chi connectivity index (χ2v) is 4.81. The molecule has 0 spiro atoms. The van der Waals surface area contributed by atoms with E-state index in [2.05, 4.69) is 5.92 Å². The van der Waals surface area contributed by atoms with Crippen LogP contribution >= 0.6 is 0 Å². The van der Waals surface area contributed by atoms with Gasteiger partial charge in [0, 0.05) is 0 Å². The first-order valence-corrected chi connectivity index (χ1v) is 4.94. The van der Waals surface area contributed by atoms with E-state index in [4.69, 9.17) is 6.42 Å². The molecule has 1 fully saturated rings. The molecule has 1 radical (unpaired) electrons. The molecule has 1 saturated heterocycles. The van der Waals surface area contributed by atoms with Crippen LogP contribution < -0.4 is 0 Å². The monoisotopic (exact) mass is 223 g/mol. The van der Waals surface area contributed by atoms with Gasteiger partial charge in [0.05, 0.1) is 6.54 Å². The van der Waals surface area contributed by atoms with E-state index in [1.807, 2.05) is 0 Å². The summed E-state index contributed by atoms with van der Waals surface area (Å²) in [6, 6.07) is 0. The lowest BCUT2D eigenvalue weighted by Crippen LogP contribution is -2.72. The predicted molar refractivity (Wildman–Crippen MR) is 56.2 cm³/mol. The molecule has 0 bridgehead atoms. The van der Waals surface area contributed by atoms with Crippen molar-refractivity contribution in [1.29, 1.82) is 0 Å². The number of hydrogen-bond donors (Lipinski definition) is 0. The van der Waals surface area contributed by atoms with Crippen LogP contribution in [0.5, 0.6) is 0 Å². The van der Waals surface area contributed by atoms with Gasteiger partial charge in [-0.05, 0) is 27.7 Å². The van der Waals surface area contributed by atoms with E-state index >= 15 is 0 Å². The van der Waals surface area contributed by atoms with E-state index in [0.29, 0.717) is 5.06 Å². The van der Waals surface area contributed by atoms with Gasteiger partial charge in [0.25, 0.3) is 11.8 Å². The number of rotatable bonds is 1. The molecule has 1 rings (SSSR count). The Kier molecular flexibility index (Phi) is 2.84. The molecule has 0 aliphatic carbocycles. The van der Waals surface area contributed by atoms with Gasteiger partial charge < -0.3 is 0 Å². The van der Waals surface area contributed by atoms with E-state index in [0.717, 1.165) is 4.90 Å². The number of imide groups is 1. The van der Waals surface area contributed by atoms with Crippen LogP contribution in [0, 0.1) is 12.3 Å². The van der Waals surface area contributed by atoms with Crippen LogP contribution in [0.4, 0.5) is 0 Å². The van der Waals surface area contributed by atoms with Crippen LogP contribution in [-0.2, 0) is 14.8 Å². The lowest BCUT2D eigenvalue weighted by Gasteiger charge is -2.47. The van der Waals surface area contributed by atoms with E-state index in [1.165, 1.54) is 27.7 Å². The van der Waals surface area contributed by atoms with Gasteiger partial charge >= 0.3 is 0 Å². The summed E-state index contributed by atoms with van der Waals surface area (Å²) in [5, 5.41) is 12.5. The molecule has 5 heteroatoms. The minimum atomic E-state index is -1.27. The van der Waals surface area contributed by atoms with Crippen molar-refractivity contribution in [2.75, 3.05) is 6.54 Å². The standard InChI is InChI=1S/C11H15N2O3/c1-6-7-12-8(14)10(2,3)13(16)11(4,5)9(12)15/h1H,7H2,2-5H3.